The third kappa shape index (κ3) is 5.94. The van der Waals surface area contributed by atoms with Crippen LogP contribution in [0, 0.1) is 0 Å². The number of nitrogens with zero attached hydrogens (tertiary/aromatic N) is 4. The number of carbonyl (C=O) groups is 1. The first-order chi connectivity index (χ1) is 16.8. The van der Waals surface area contributed by atoms with Crippen LogP contribution in [0.3, 0.4) is 0 Å². The molecule has 1 aliphatic heterocycles. The Morgan fingerprint density at radius 1 is 1.14 bits per heavy atom. The van der Waals surface area contributed by atoms with Crippen LogP contribution in [-0.2, 0) is 4.79 Å². The van der Waals surface area contributed by atoms with Gasteiger partial charge in [0.05, 0.1) is 24.6 Å². The largest absolute Gasteiger partial charge is 0.507 e. The summed E-state index contributed by atoms with van der Waals surface area (Å²) in [5, 5.41) is 16.9. The third-order valence-corrected chi connectivity index (χ3v) is 6.91. The van der Waals surface area contributed by atoms with E-state index in [0.29, 0.717) is 30.4 Å². The van der Waals surface area contributed by atoms with Crippen molar-refractivity contribution >= 4 is 31.5 Å². The molecule has 0 atom stereocenters. The van der Waals surface area contributed by atoms with Crippen molar-refractivity contribution in [3.8, 4) is 5.75 Å². The first kappa shape index (κ1) is 25.0. The van der Waals surface area contributed by atoms with Crippen molar-refractivity contribution < 1.29 is 19.7 Å². The van der Waals surface area contributed by atoms with Crippen LogP contribution < -0.4 is 21.5 Å². The van der Waals surface area contributed by atoms with E-state index in [2.05, 4.69) is 15.1 Å². The van der Waals surface area contributed by atoms with E-state index >= 15 is 0 Å². The summed E-state index contributed by atoms with van der Waals surface area (Å²) in [5.74, 6) is -0.0830. The third-order valence-electron chi connectivity index (χ3n) is 6.47. The molecular weight excluding hydrogens is 469 g/mol. The topological polar surface area (TPSA) is 166 Å². The molecule has 1 saturated heterocycles. The zero-order valence-corrected chi connectivity index (χ0v) is 20.3. The SMILES string of the molecule is N/C(=C\C(=C(/N)NP(O)O)n1cc(N2CCN(C3CCCCC3)CC2=O)cn1)c1ccccc1O. The van der Waals surface area contributed by atoms with Gasteiger partial charge in [0.15, 0.2) is 0 Å². The highest BCUT2D eigenvalue weighted by molar-refractivity contribution is 7.42. The van der Waals surface area contributed by atoms with E-state index in [0.717, 1.165) is 19.4 Å². The average Bonchev–Trinajstić information content (AvgIpc) is 3.32. The van der Waals surface area contributed by atoms with Crippen LogP contribution in [0.15, 0.2) is 48.6 Å². The summed E-state index contributed by atoms with van der Waals surface area (Å²) in [6.45, 7) is 1.73. The number of aromatic hydroxyl groups is 1. The minimum Gasteiger partial charge on any atom is -0.507 e. The molecule has 1 saturated carbocycles. The molecule has 2 heterocycles. The van der Waals surface area contributed by atoms with Crippen LogP contribution in [-0.4, -0.2) is 61.2 Å². The van der Waals surface area contributed by atoms with Crippen molar-refractivity contribution in [2.24, 2.45) is 11.5 Å². The van der Waals surface area contributed by atoms with E-state index in [1.54, 1.807) is 35.5 Å². The van der Waals surface area contributed by atoms with Gasteiger partial charge in [-0.2, -0.15) is 5.10 Å². The lowest BCUT2D eigenvalue weighted by Crippen LogP contribution is -2.54. The van der Waals surface area contributed by atoms with Gasteiger partial charge < -0.3 is 36.3 Å². The molecule has 1 amide bonds. The van der Waals surface area contributed by atoms with Gasteiger partial charge in [-0.05, 0) is 31.1 Å². The zero-order valence-electron chi connectivity index (χ0n) is 19.4. The highest BCUT2D eigenvalue weighted by Gasteiger charge is 2.31. The van der Waals surface area contributed by atoms with Crippen LogP contribution in [0.4, 0.5) is 5.69 Å². The number of hydrogen-bond donors (Lipinski definition) is 6. The number of hydrogen-bond acceptors (Lipinski definition) is 9. The maximum atomic E-state index is 13.0. The summed E-state index contributed by atoms with van der Waals surface area (Å²) < 4.78 is 1.41. The number of nitrogens with two attached hydrogens (primary N) is 2. The first-order valence-electron chi connectivity index (χ1n) is 11.6. The van der Waals surface area contributed by atoms with Gasteiger partial charge in [0.2, 0.25) is 5.91 Å². The van der Waals surface area contributed by atoms with E-state index in [1.165, 1.54) is 36.1 Å². The highest BCUT2D eigenvalue weighted by atomic mass is 31.2. The van der Waals surface area contributed by atoms with Gasteiger partial charge in [-0.1, -0.05) is 31.4 Å². The van der Waals surface area contributed by atoms with Gasteiger partial charge in [0.1, 0.15) is 17.3 Å². The van der Waals surface area contributed by atoms with Crippen molar-refractivity contribution in [3.63, 3.8) is 0 Å². The van der Waals surface area contributed by atoms with Gasteiger partial charge in [-0.25, -0.2) is 4.68 Å². The summed E-state index contributed by atoms with van der Waals surface area (Å²) in [5.41, 5.74) is 13.7. The van der Waals surface area contributed by atoms with Crippen LogP contribution in [0.25, 0.3) is 11.4 Å². The van der Waals surface area contributed by atoms with Gasteiger partial charge in [0, 0.05) is 30.4 Å². The molecular formula is C23H32N7O4P. The van der Waals surface area contributed by atoms with Gasteiger partial charge in [-0.15, -0.1) is 0 Å². The van der Waals surface area contributed by atoms with Crippen LogP contribution in [0.2, 0.25) is 0 Å². The molecule has 0 radical (unpaired) electrons. The fourth-order valence-electron chi connectivity index (χ4n) is 4.68. The number of allylic oxidation sites excluding steroid dienone is 2. The van der Waals surface area contributed by atoms with Crippen LogP contribution in [0.1, 0.15) is 37.7 Å². The van der Waals surface area contributed by atoms with Gasteiger partial charge in [0.25, 0.3) is 8.53 Å². The maximum absolute atomic E-state index is 13.0. The van der Waals surface area contributed by atoms with Crippen molar-refractivity contribution in [1.82, 2.24) is 19.8 Å². The molecule has 1 aliphatic carbocycles. The number of nitrogens with one attached hydrogen (secondary N) is 1. The summed E-state index contributed by atoms with van der Waals surface area (Å²) in [4.78, 5) is 35.8. The fraction of sp³-hybridized carbons (Fsp3) is 0.391. The van der Waals surface area contributed by atoms with Crippen molar-refractivity contribution in [1.29, 1.82) is 0 Å². The van der Waals surface area contributed by atoms with Gasteiger partial charge in [-0.3, -0.25) is 9.69 Å². The monoisotopic (exact) mass is 501 g/mol. The van der Waals surface area contributed by atoms with E-state index in [4.69, 9.17) is 11.5 Å². The number of amides is 1. The summed E-state index contributed by atoms with van der Waals surface area (Å²) in [6.07, 6.45) is 10.7. The number of phenols is 1. The number of aromatic nitrogens is 2. The summed E-state index contributed by atoms with van der Waals surface area (Å²) in [6, 6.07) is 7.03. The van der Waals surface area contributed by atoms with Gasteiger partial charge >= 0.3 is 0 Å². The van der Waals surface area contributed by atoms with E-state index in [1.807, 2.05) is 0 Å². The number of phenolic OH excluding ortho intramolecular Hbond substituents is 1. The molecule has 188 valence electrons. The van der Waals surface area contributed by atoms with Crippen molar-refractivity contribution in [3.05, 3.63) is 54.1 Å². The number of para-hydroxylation sites is 1. The number of carbonyl (C=O) groups excluding carboxylic acids is 1. The first-order valence-corrected chi connectivity index (χ1v) is 12.9. The Hall–Kier alpha value is -3.11. The molecule has 35 heavy (non-hydrogen) atoms. The molecule has 2 fully saturated rings. The average molecular weight is 502 g/mol. The lowest BCUT2D eigenvalue weighted by atomic mass is 9.94. The second-order valence-electron chi connectivity index (χ2n) is 8.77. The maximum Gasteiger partial charge on any atom is 0.282 e. The predicted molar refractivity (Wildman–Crippen MR) is 135 cm³/mol. The predicted octanol–water partition coefficient (Wildman–Crippen LogP) is 1.46. The smallest absolute Gasteiger partial charge is 0.282 e. The normalized spacial score (nSPS) is 19.2. The number of anilines is 1. The van der Waals surface area contributed by atoms with E-state index in [9.17, 15) is 19.7 Å². The minimum absolute atomic E-state index is 0.0106. The van der Waals surface area contributed by atoms with E-state index < -0.39 is 8.53 Å². The Labute approximate surface area is 205 Å². The summed E-state index contributed by atoms with van der Waals surface area (Å²) >= 11 is 0. The standard InChI is InChI=1S/C23H32N7O4P/c24-19(18-8-4-5-9-21(18)31)12-20(23(25)27-35(33)34)30-14-17(13-26-30)29-11-10-28(15-22(29)32)16-6-2-1-3-7-16/h4-5,8-9,12-14,16,27,31,33-34H,1-3,6-7,10-11,15,24-25H2/b19-12-,23-20-. The lowest BCUT2D eigenvalue weighted by molar-refractivity contribution is -0.122. The minimum atomic E-state index is -2.54. The molecule has 0 bridgehead atoms. The second-order valence-corrected chi connectivity index (χ2v) is 9.57. The van der Waals surface area contributed by atoms with Crippen LogP contribution in [0.5, 0.6) is 5.75 Å². The molecule has 8 N–H and O–H groups in total. The molecule has 4 rings (SSSR count). The Morgan fingerprint density at radius 2 is 1.89 bits per heavy atom. The molecule has 2 aromatic rings. The molecule has 0 spiro atoms. The van der Waals surface area contributed by atoms with E-state index in [-0.39, 0.29) is 28.9 Å². The van der Waals surface area contributed by atoms with Crippen molar-refractivity contribution in [2.45, 2.75) is 38.1 Å². The zero-order chi connectivity index (χ0) is 24.9. The quantitative estimate of drug-likeness (QED) is 0.243. The fourth-order valence-corrected chi connectivity index (χ4v) is 5.01. The molecule has 0 unspecified atom stereocenters. The summed E-state index contributed by atoms with van der Waals surface area (Å²) in [7, 11) is -2.54. The second kappa shape index (κ2) is 11.1. The Bertz CT molecular complexity index is 1110. The molecule has 1 aromatic heterocycles. The molecule has 11 nitrogen and oxygen atoms in total. The number of piperazine rings is 1. The molecule has 2 aliphatic rings. The highest BCUT2D eigenvalue weighted by Crippen LogP contribution is 2.28. The number of benzene rings is 1. The number of rotatable bonds is 7. The lowest BCUT2D eigenvalue weighted by Gasteiger charge is -2.39. The Morgan fingerprint density at radius 3 is 2.57 bits per heavy atom. The van der Waals surface area contributed by atoms with Crippen molar-refractivity contribution in [2.75, 3.05) is 24.5 Å². The Balaban J connectivity index is 1.57. The Kier molecular flexibility index (Phi) is 7.92. The molecule has 12 heteroatoms. The van der Waals surface area contributed by atoms with Crippen LogP contribution >= 0.6 is 8.53 Å². The molecule has 1 aromatic carbocycles.